The van der Waals surface area contributed by atoms with Crippen LogP contribution in [-0.4, -0.2) is 23.6 Å². The lowest BCUT2D eigenvalue weighted by atomic mass is 10.00. The highest BCUT2D eigenvalue weighted by atomic mass is 35.5. The standard InChI is InChI=1S/C14H13Cl2N3O2S/c15-10-8-17-14(16)19-13(10)18-11-6-1-2-7-12(11)22(20,21)9-4-3-5-9/h1-2,6-9H,3-5H2,(H,17,18,19). The Morgan fingerprint density at radius 2 is 1.91 bits per heavy atom. The first-order chi connectivity index (χ1) is 10.5. The van der Waals surface area contributed by atoms with Gasteiger partial charge in [0, 0.05) is 0 Å². The van der Waals surface area contributed by atoms with Crippen molar-refractivity contribution in [2.24, 2.45) is 0 Å². The van der Waals surface area contributed by atoms with E-state index in [-0.39, 0.29) is 26.3 Å². The van der Waals surface area contributed by atoms with Crippen molar-refractivity contribution < 1.29 is 8.42 Å². The first-order valence-corrected chi connectivity index (χ1v) is 9.06. The molecule has 0 spiro atoms. The number of benzene rings is 1. The van der Waals surface area contributed by atoms with Crippen molar-refractivity contribution in [3.8, 4) is 0 Å². The minimum atomic E-state index is -3.36. The lowest BCUT2D eigenvalue weighted by Crippen LogP contribution is -2.28. The molecular weight excluding hydrogens is 345 g/mol. The Morgan fingerprint density at radius 1 is 1.18 bits per heavy atom. The summed E-state index contributed by atoms with van der Waals surface area (Å²) in [6.07, 6.45) is 3.72. The van der Waals surface area contributed by atoms with E-state index in [4.69, 9.17) is 23.2 Å². The number of hydrogen-bond donors (Lipinski definition) is 1. The quantitative estimate of drug-likeness (QED) is 0.841. The van der Waals surface area contributed by atoms with Gasteiger partial charge in [0.1, 0.15) is 5.02 Å². The Hall–Kier alpha value is -1.37. The number of rotatable bonds is 4. The van der Waals surface area contributed by atoms with Crippen LogP contribution in [0.15, 0.2) is 35.4 Å². The molecule has 1 fully saturated rings. The third kappa shape index (κ3) is 2.91. The number of nitrogens with zero attached hydrogens (tertiary/aromatic N) is 2. The Labute approximate surface area is 138 Å². The zero-order chi connectivity index (χ0) is 15.7. The van der Waals surface area contributed by atoms with Gasteiger partial charge in [-0.1, -0.05) is 30.2 Å². The van der Waals surface area contributed by atoms with E-state index in [1.807, 2.05) is 0 Å². The van der Waals surface area contributed by atoms with E-state index >= 15 is 0 Å². The molecule has 116 valence electrons. The van der Waals surface area contributed by atoms with Crippen molar-refractivity contribution in [2.45, 2.75) is 29.4 Å². The largest absolute Gasteiger partial charge is 0.338 e. The minimum Gasteiger partial charge on any atom is -0.338 e. The number of aromatic nitrogens is 2. The van der Waals surface area contributed by atoms with E-state index in [0.717, 1.165) is 6.42 Å². The van der Waals surface area contributed by atoms with E-state index in [1.54, 1.807) is 24.3 Å². The predicted molar refractivity (Wildman–Crippen MR) is 86.6 cm³/mol. The van der Waals surface area contributed by atoms with E-state index < -0.39 is 9.84 Å². The molecule has 3 rings (SSSR count). The third-order valence-corrected chi connectivity index (χ3v) is 6.43. The van der Waals surface area contributed by atoms with Crippen LogP contribution in [0.25, 0.3) is 0 Å². The molecule has 22 heavy (non-hydrogen) atoms. The number of anilines is 2. The molecular formula is C14H13Cl2N3O2S. The van der Waals surface area contributed by atoms with Gasteiger partial charge >= 0.3 is 0 Å². The molecule has 0 radical (unpaired) electrons. The van der Waals surface area contributed by atoms with Crippen molar-refractivity contribution in [2.75, 3.05) is 5.32 Å². The molecule has 0 unspecified atom stereocenters. The molecule has 1 aliphatic rings. The zero-order valence-electron chi connectivity index (χ0n) is 11.5. The number of halogens is 2. The zero-order valence-corrected chi connectivity index (χ0v) is 13.8. The van der Waals surface area contributed by atoms with Gasteiger partial charge in [-0.05, 0) is 36.6 Å². The molecule has 2 aromatic rings. The maximum Gasteiger partial charge on any atom is 0.224 e. The lowest BCUT2D eigenvalue weighted by molar-refractivity contribution is 0.477. The van der Waals surface area contributed by atoms with Gasteiger partial charge in [-0.25, -0.2) is 13.4 Å². The Kier molecular flexibility index (Phi) is 4.25. The fraction of sp³-hybridized carbons (Fsp3) is 0.286. The summed E-state index contributed by atoms with van der Waals surface area (Å²) in [5.74, 6) is 0.276. The van der Waals surface area contributed by atoms with Crippen LogP contribution < -0.4 is 5.32 Å². The highest BCUT2D eigenvalue weighted by Crippen LogP contribution is 2.35. The molecule has 1 N–H and O–H groups in total. The van der Waals surface area contributed by atoms with Crippen molar-refractivity contribution in [3.63, 3.8) is 0 Å². The molecule has 8 heteroatoms. The highest BCUT2D eigenvalue weighted by Gasteiger charge is 2.34. The van der Waals surface area contributed by atoms with E-state index in [1.165, 1.54) is 6.20 Å². The summed E-state index contributed by atoms with van der Waals surface area (Å²) in [6, 6.07) is 6.72. The Balaban J connectivity index is 2.00. The summed E-state index contributed by atoms with van der Waals surface area (Å²) >= 11 is 11.8. The van der Waals surface area contributed by atoms with Crippen molar-refractivity contribution in [3.05, 3.63) is 40.8 Å². The topological polar surface area (TPSA) is 72.0 Å². The van der Waals surface area contributed by atoms with Crippen molar-refractivity contribution >= 4 is 44.5 Å². The van der Waals surface area contributed by atoms with E-state index in [2.05, 4.69) is 15.3 Å². The summed E-state index contributed by atoms with van der Waals surface area (Å²) in [7, 11) is -3.36. The molecule has 1 saturated carbocycles. The molecule has 5 nitrogen and oxygen atoms in total. The number of hydrogen-bond acceptors (Lipinski definition) is 5. The Bertz CT molecular complexity index is 807. The molecule has 0 bridgehead atoms. The van der Waals surface area contributed by atoms with Gasteiger partial charge in [0.2, 0.25) is 5.28 Å². The van der Waals surface area contributed by atoms with Crippen LogP contribution >= 0.6 is 23.2 Å². The molecule has 1 aliphatic carbocycles. The smallest absolute Gasteiger partial charge is 0.224 e. The fourth-order valence-corrected chi connectivity index (χ4v) is 4.52. The van der Waals surface area contributed by atoms with Gasteiger partial charge in [-0.15, -0.1) is 0 Å². The minimum absolute atomic E-state index is 0.0335. The number of nitrogens with one attached hydrogen (secondary N) is 1. The molecule has 0 aliphatic heterocycles. The summed E-state index contributed by atoms with van der Waals surface area (Å²) in [5.41, 5.74) is 0.436. The monoisotopic (exact) mass is 357 g/mol. The van der Waals surface area contributed by atoms with Crippen LogP contribution in [0.1, 0.15) is 19.3 Å². The van der Waals surface area contributed by atoms with Gasteiger partial charge in [0.25, 0.3) is 0 Å². The van der Waals surface area contributed by atoms with Gasteiger partial charge in [0.05, 0.1) is 22.0 Å². The second kappa shape index (κ2) is 6.02. The second-order valence-electron chi connectivity index (χ2n) is 5.05. The van der Waals surface area contributed by atoms with E-state index in [9.17, 15) is 8.42 Å². The molecule has 0 saturated heterocycles. The van der Waals surface area contributed by atoms with Gasteiger partial charge in [0.15, 0.2) is 15.7 Å². The summed E-state index contributed by atoms with van der Waals surface area (Å²) in [4.78, 5) is 8.01. The number of para-hydroxylation sites is 1. The number of sulfone groups is 1. The van der Waals surface area contributed by atoms with E-state index in [0.29, 0.717) is 18.5 Å². The van der Waals surface area contributed by atoms with Gasteiger partial charge in [-0.3, -0.25) is 0 Å². The van der Waals surface area contributed by atoms with Crippen LogP contribution in [0.2, 0.25) is 10.3 Å². The Morgan fingerprint density at radius 3 is 2.59 bits per heavy atom. The van der Waals surface area contributed by atoms with Gasteiger partial charge < -0.3 is 5.32 Å². The van der Waals surface area contributed by atoms with Crippen LogP contribution in [0.4, 0.5) is 11.5 Å². The maximum atomic E-state index is 12.6. The third-order valence-electron chi connectivity index (χ3n) is 3.65. The average Bonchev–Trinajstić information content (AvgIpc) is 2.41. The molecule has 0 amide bonds. The van der Waals surface area contributed by atoms with Crippen LogP contribution in [-0.2, 0) is 9.84 Å². The molecule has 0 atom stereocenters. The normalized spacial score (nSPS) is 15.4. The molecule has 1 heterocycles. The van der Waals surface area contributed by atoms with Crippen molar-refractivity contribution in [1.82, 2.24) is 9.97 Å². The summed E-state index contributed by atoms with van der Waals surface area (Å²) in [5, 5.41) is 2.94. The average molecular weight is 358 g/mol. The van der Waals surface area contributed by atoms with Crippen LogP contribution in [0.3, 0.4) is 0 Å². The molecule has 1 aromatic carbocycles. The fourth-order valence-electron chi connectivity index (χ4n) is 2.24. The summed E-state index contributed by atoms with van der Waals surface area (Å²) < 4.78 is 25.3. The second-order valence-corrected chi connectivity index (χ2v) is 8.00. The van der Waals surface area contributed by atoms with Crippen LogP contribution in [0.5, 0.6) is 0 Å². The maximum absolute atomic E-state index is 12.6. The predicted octanol–water partition coefficient (Wildman–Crippen LogP) is 3.85. The summed E-state index contributed by atoms with van der Waals surface area (Å²) in [6.45, 7) is 0. The SMILES string of the molecule is O=S(=O)(c1ccccc1Nc1nc(Cl)ncc1Cl)C1CCC1. The highest BCUT2D eigenvalue weighted by molar-refractivity contribution is 7.92. The van der Waals surface area contributed by atoms with Crippen molar-refractivity contribution in [1.29, 1.82) is 0 Å². The molecule has 1 aromatic heterocycles. The lowest BCUT2D eigenvalue weighted by Gasteiger charge is -2.26. The first kappa shape index (κ1) is 15.5. The van der Waals surface area contributed by atoms with Crippen LogP contribution in [0, 0.1) is 0 Å². The van der Waals surface area contributed by atoms with Gasteiger partial charge in [-0.2, -0.15) is 4.98 Å². The first-order valence-electron chi connectivity index (χ1n) is 6.76.